The molecule has 3 N–H and O–H groups in total. The van der Waals surface area contributed by atoms with Crippen molar-refractivity contribution in [1.29, 1.82) is 0 Å². The van der Waals surface area contributed by atoms with Gasteiger partial charge in [0.05, 0.1) is 37.6 Å². The van der Waals surface area contributed by atoms with Crippen LogP contribution in [0.5, 0.6) is 5.75 Å². The molecule has 0 radical (unpaired) electrons. The number of carbonyl (C=O) groups excluding carboxylic acids is 2. The number of nitrogens with zero attached hydrogens (tertiary/aromatic N) is 2. The second-order valence-corrected chi connectivity index (χ2v) is 7.37. The van der Waals surface area contributed by atoms with Crippen LogP contribution in [0.1, 0.15) is 6.92 Å². The van der Waals surface area contributed by atoms with E-state index in [1.807, 2.05) is 43.3 Å². The van der Waals surface area contributed by atoms with Gasteiger partial charge in [-0.05, 0) is 43.3 Å². The van der Waals surface area contributed by atoms with Gasteiger partial charge in [0.15, 0.2) is 6.04 Å². The minimum atomic E-state index is -0.221. The van der Waals surface area contributed by atoms with E-state index in [1.165, 1.54) is 4.90 Å². The van der Waals surface area contributed by atoms with Gasteiger partial charge in [0.2, 0.25) is 5.91 Å². The van der Waals surface area contributed by atoms with Crippen molar-refractivity contribution in [3.8, 4) is 5.75 Å². The Morgan fingerprint density at radius 3 is 2.50 bits per heavy atom. The molecule has 0 unspecified atom stereocenters. The molecule has 1 atom stereocenters. The average Bonchev–Trinajstić information content (AvgIpc) is 2.73. The van der Waals surface area contributed by atoms with Crippen LogP contribution in [-0.2, 0) is 9.59 Å². The average molecular weight is 381 g/mol. The molecule has 1 fully saturated rings. The van der Waals surface area contributed by atoms with Crippen molar-refractivity contribution in [2.24, 2.45) is 0 Å². The van der Waals surface area contributed by atoms with Crippen molar-refractivity contribution >= 4 is 28.9 Å². The molecule has 0 aromatic heterocycles. The quantitative estimate of drug-likeness (QED) is 0.723. The number of hydrogen-bond donors (Lipinski definition) is 3. The second-order valence-electron chi connectivity index (χ2n) is 7.37. The zero-order chi connectivity index (χ0) is 19.7. The van der Waals surface area contributed by atoms with Gasteiger partial charge in [0, 0.05) is 5.69 Å². The molecule has 0 aliphatic carbocycles. The molecule has 7 nitrogen and oxygen atoms in total. The highest BCUT2D eigenvalue weighted by Gasteiger charge is 2.35. The Balaban J connectivity index is 1.43. The summed E-state index contributed by atoms with van der Waals surface area (Å²) in [6.07, 6.45) is 0. The topological polar surface area (TPSA) is 77.3 Å². The van der Waals surface area contributed by atoms with Crippen LogP contribution in [0.4, 0.5) is 17.1 Å². The molecule has 2 aliphatic rings. The highest BCUT2D eigenvalue weighted by molar-refractivity contribution is 6.10. The number of benzene rings is 2. The summed E-state index contributed by atoms with van der Waals surface area (Å²) in [6, 6.07) is 14.4. The third-order valence-electron chi connectivity index (χ3n) is 5.64. The van der Waals surface area contributed by atoms with Gasteiger partial charge in [0.1, 0.15) is 12.3 Å². The Morgan fingerprint density at radius 1 is 1.11 bits per heavy atom. The first kappa shape index (κ1) is 18.3. The molecule has 7 heteroatoms. The Labute approximate surface area is 164 Å². The van der Waals surface area contributed by atoms with Gasteiger partial charge in [-0.2, -0.15) is 0 Å². The Morgan fingerprint density at radius 2 is 1.79 bits per heavy atom. The number of amides is 2. The predicted molar refractivity (Wildman–Crippen MR) is 108 cm³/mol. The van der Waals surface area contributed by atoms with Crippen LogP contribution in [0, 0.1) is 0 Å². The number of fused-ring (bicyclic) bond motifs is 1. The first-order valence-corrected chi connectivity index (χ1v) is 9.62. The van der Waals surface area contributed by atoms with Crippen molar-refractivity contribution in [3.05, 3.63) is 48.5 Å². The summed E-state index contributed by atoms with van der Waals surface area (Å²) in [4.78, 5) is 30.3. The fourth-order valence-electron chi connectivity index (χ4n) is 3.99. The summed E-state index contributed by atoms with van der Waals surface area (Å²) in [5, 5.41) is 12.3. The van der Waals surface area contributed by atoms with Crippen LogP contribution in [0.15, 0.2) is 48.5 Å². The monoisotopic (exact) mass is 381 g/mol. The number of aromatic hydroxyl groups is 1. The van der Waals surface area contributed by atoms with E-state index in [-0.39, 0.29) is 30.2 Å². The van der Waals surface area contributed by atoms with Crippen LogP contribution in [0.25, 0.3) is 0 Å². The number of phenolic OH excluding ortho intramolecular Hbond substituents is 1. The predicted octanol–water partition coefficient (Wildman–Crippen LogP) is 0.471. The number of piperazine rings is 1. The molecule has 146 valence electrons. The SMILES string of the molecule is C[C@@H](C(=O)N1CC(=O)Nc2ccccc21)[NH+]1CCN(c2ccc(O)cc2)CC1. The van der Waals surface area contributed by atoms with Crippen LogP contribution in [0.2, 0.25) is 0 Å². The molecule has 0 bridgehead atoms. The summed E-state index contributed by atoms with van der Waals surface area (Å²) in [6.45, 7) is 5.38. The highest BCUT2D eigenvalue weighted by Crippen LogP contribution is 2.29. The molecule has 1 saturated heterocycles. The van der Waals surface area contributed by atoms with Gasteiger partial charge < -0.3 is 20.2 Å². The van der Waals surface area contributed by atoms with Gasteiger partial charge in [-0.3, -0.25) is 14.5 Å². The smallest absolute Gasteiger partial charge is 0.285 e. The Hall–Kier alpha value is -3.06. The van der Waals surface area contributed by atoms with E-state index in [9.17, 15) is 14.7 Å². The highest BCUT2D eigenvalue weighted by atomic mass is 16.3. The summed E-state index contributed by atoms with van der Waals surface area (Å²) >= 11 is 0. The maximum absolute atomic E-state index is 13.2. The minimum Gasteiger partial charge on any atom is -0.508 e. The van der Waals surface area contributed by atoms with E-state index in [1.54, 1.807) is 17.0 Å². The largest absolute Gasteiger partial charge is 0.508 e. The van der Waals surface area contributed by atoms with E-state index in [0.29, 0.717) is 5.69 Å². The van der Waals surface area contributed by atoms with E-state index in [2.05, 4.69) is 10.2 Å². The minimum absolute atomic E-state index is 0.0182. The fraction of sp³-hybridized carbons (Fsp3) is 0.333. The zero-order valence-electron chi connectivity index (χ0n) is 15.9. The van der Waals surface area contributed by atoms with Crippen molar-refractivity contribution in [2.45, 2.75) is 13.0 Å². The third-order valence-corrected chi connectivity index (χ3v) is 5.64. The van der Waals surface area contributed by atoms with Gasteiger partial charge >= 0.3 is 0 Å². The number of nitrogens with one attached hydrogen (secondary N) is 2. The van der Waals surface area contributed by atoms with E-state index >= 15 is 0 Å². The molecule has 2 aliphatic heterocycles. The molecule has 0 spiro atoms. The van der Waals surface area contributed by atoms with Crippen molar-refractivity contribution < 1.29 is 19.6 Å². The number of rotatable bonds is 3. The molecule has 0 saturated carbocycles. The van der Waals surface area contributed by atoms with Crippen molar-refractivity contribution in [2.75, 3.05) is 47.8 Å². The molecular formula is C21H25N4O3+. The standard InChI is InChI=1S/C21H24N4O3/c1-15(21(28)25-14-20(27)22-18-4-2-3-5-19(18)25)23-10-12-24(13-11-23)16-6-8-17(26)9-7-16/h2-9,15,26H,10-14H2,1H3,(H,22,27)/p+1/t15-/m0/s1. The van der Waals surface area contributed by atoms with Crippen LogP contribution in [0.3, 0.4) is 0 Å². The molecule has 2 amide bonds. The maximum atomic E-state index is 13.2. The normalized spacial score (nSPS) is 18.4. The molecule has 2 aromatic carbocycles. The fourth-order valence-corrected chi connectivity index (χ4v) is 3.99. The lowest BCUT2D eigenvalue weighted by atomic mass is 10.1. The summed E-state index contributed by atoms with van der Waals surface area (Å²) in [5.41, 5.74) is 2.53. The first-order chi connectivity index (χ1) is 13.5. The molecular weight excluding hydrogens is 356 g/mol. The van der Waals surface area contributed by atoms with Gasteiger partial charge in [0.25, 0.3) is 5.91 Å². The first-order valence-electron chi connectivity index (χ1n) is 9.62. The van der Waals surface area contributed by atoms with Crippen molar-refractivity contribution in [1.82, 2.24) is 0 Å². The number of phenols is 1. The summed E-state index contributed by atoms with van der Waals surface area (Å²) in [7, 11) is 0. The van der Waals surface area contributed by atoms with Gasteiger partial charge in [-0.1, -0.05) is 12.1 Å². The second kappa shape index (κ2) is 7.52. The Kier molecular flexibility index (Phi) is 4.92. The lowest BCUT2D eigenvalue weighted by Gasteiger charge is -2.38. The number of anilines is 3. The van der Waals surface area contributed by atoms with Gasteiger partial charge in [-0.15, -0.1) is 0 Å². The molecule has 2 aromatic rings. The maximum Gasteiger partial charge on any atom is 0.285 e. The number of para-hydroxylation sites is 2. The molecule has 28 heavy (non-hydrogen) atoms. The zero-order valence-corrected chi connectivity index (χ0v) is 15.9. The number of quaternary nitrogens is 1. The van der Waals surface area contributed by atoms with E-state index in [4.69, 9.17) is 0 Å². The van der Waals surface area contributed by atoms with E-state index < -0.39 is 0 Å². The summed E-state index contributed by atoms with van der Waals surface area (Å²) in [5.74, 6) is 0.0832. The Bertz CT molecular complexity index is 875. The third kappa shape index (κ3) is 3.53. The van der Waals surface area contributed by atoms with Crippen molar-refractivity contribution in [3.63, 3.8) is 0 Å². The lowest BCUT2D eigenvalue weighted by molar-refractivity contribution is -0.914. The molecule has 4 rings (SSSR count). The summed E-state index contributed by atoms with van der Waals surface area (Å²) < 4.78 is 0. The van der Waals surface area contributed by atoms with E-state index in [0.717, 1.165) is 37.6 Å². The van der Waals surface area contributed by atoms with Gasteiger partial charge in [-0.25, -0.2) is 0 Å². The van der Waals surface area contributed by atoms with Crippen LogP contribution < -0.4 is 20.0 Å². The molecule has 2 heterocycles. The van der Waals surface area contributed by atoms with Crippen LogP contribution >= 0.6 is 0 Å². The lowest BCUT2D eigenvalue weighted by Crippen LogP contribution is -3.19. The number of carbonyl (C=O) groups is 2. The number of hydrogen-bond acceptors (Lipinski definition) is 4. The van der Waals surface area contributed by atoms with Crippen LogP contribution in [-0.4, -0.2) is 55.7 Å².